The molecule has 5 heteroatoms. The summed E-state index contributed by atoms with van der Waals surface area (Å²) >= 11 is 0. The molecular weight excluding hydrogens is 293 g/mol. The molecule has 118 valence electrons. The highest BCUT2D eigenvalue weighted by molar-refractivity contribution is 5.42. The van der Waals surface area contributed by atoms with Gasteiger partial charge in [0.2, 0.25) is 0 Å². The second-order valence-electron chi connectivity index (χ2n) is 5.10. The second kappa shape index (κ2) is 6.73. The van der Waals surface area contributed by atoms with Gasteiger partial charge in [-0.2, -0.15) is 13.2 Å². The van der Waals surface area contributed by atoms with E-state index in [9.17, 15) is 13.2 Å². The van der Waals surface area contributed by atoms with Gasteiger partial charge >= 0.3 is 6.18 Å². The van der Waals surface area contributed by atoms with E-state index in [0.717, 1.165) is 11.6 Å². The van der Waals surface area contributed by atoms with E-state index in [0.29, 0.717) is 0 Å². The van der Waals surface area contributed by atoms with Gasteiger partial charge in [-0.05, 0) is 37.6 Å². The molecule has 0 aliphatic carbocycles. The Morgan fingerprint density at radius 2 is 1.68 bits per heavy atom. The van der Waals surface area contributed by atoms with Crippen molar-refractivity contribution in [2.24, 2.45) is 0 Å². The number of hydrogen-bond acceptors (Lipinski definition) is 2. The van der Waals surface area contributed by atoms with Gasteiger partial charge in [0, 0.05) is 0 Å². The van der Waals surface area contributed by atoms with Crippen molar-refractivity contribution in [3.05, 3.63) is 59.7 Å². The first kappa shape index (κ1) is 16.2. The molecule has 2 aromatic carbocycles. The highest BCUT2D eigenvalue weighted by Gasteiger charge is 2.35. The first-order valence-electron chi connectivity index (χ1n) is 6.91. The minimum Gasteiger partial charge on any atom is -0.490 e. The summed E-state index contributed by atoms with van der Waals surface area (Å²) in [4.78, 5) is 0. The van der Waals surface area contributed by atoms with Crippen LogP contribution in [0.4, 0.5) is 13.2 Å². The average molecular weight is 310 g/mol. The summed E-state index contributed by atoms with van der Waals surface area (Å²) in [5.41, 5.74) is 0.0605. The maximum absolute atomic E-state index is 13.1. The Hall–Kier alpha value is -2.17. The zero-order chi connectivity index (χ0) is 16.2. The molecule has 0 aliphatic rings. The van der Waals surface area contributed by atoms with Crippen LogP contribution in [0.5, 0.6) is 11.5 Å². The topological polar surface area (TPSA) is 18.5 Å². The number of hydrogen-bond donors (Lipinski definition) is 0. The maximum atomic E-state index is 13.1. The van der Waals surface area contributed by atoms with Gasteiger partial charge in [-0.3, -0.25) is 0 Å². The predicted molar refractivity (Wildman–Crippen MR) is 78.0 cm³/mol. The van der Waals surface area contributed by atoms with E-state index in [2.05, 4.69) is 0 Å². The van der Waals surface area contributed by atoms with Gasteiger partial charge in [-0.1, -0.05) is 30.3 Å². The summed E-state index contributed by atoms with van der Waals surface area (Å²) in [5.74, 6) is -0.0261. The molecule has 22 heavy (non-hydrogen) atoms. The average Bonchev–Trinajstić information content (AvgIpc) is 2.45. The zero-order valence-electron chi connectivity index (χ0n) is 12.4. The third-order valence-corrected chi connectivity index (χ3v) is 2.87. The van der Waals surface area contributed by atoms with E-state index in [-0.39, 0.29) is 24.2 Å². The first-order chi connectivity index (χ1) is 10.4. The Bertz CT molecular complexity index is 607. The number of halogens is 3. The number of alkyl halides is 3. The molecule has 0 saturated carbocycles. The Kier molecular flexibility index (Phi) is 4.96. The van der Waals surface area contributed by atoms with Gasteiger partial charge < -0.3 is 9.47 Å². The van der Waals surface area contributed by atoms with Crippen molar-refractivity contribution in [2.45, 2.75) is 32.7 Å². The van der Waals surface area contributed by atoms with E-state index in [4.69, 9.17) is 9.47 Å². The first-order valence-corrected chi connectivity index (χ1v) is 6.91. The molecule has 2 rings (SSSR count). The normalized spacial score (nSPS) is 11.5. The molecule has 0 heterocycles. The van der Waals surface area contributed by atoms with Crippen LogP contribution in [-0.4, -0.2) is 6.10 Å². The molecule has 0 saturated heterocycles. The van der Waals surface area contributed by atoms with E-state index in [1.807, 2.05) is 30.3 Å². The fourth-order valence-electron chi connectivity index (χ4n) is 1.92. The van der Waals surface area contributed by atoms with Crippen LogP contribution in [0.3, 0.4) is 0 Å². The fourth-order valence-corrected chi connectivity index (χ4v) is 1.92. The standard InChI is InChI=1S/C17H17F3O2/c1-12(2)22-16-9-8-14(10-15(16)17(18,19)20)21-11-13-6-4-3-5-7-13/h3-10,12H,11H2,1-2H3. The molecule has 2 aromatic rings. The molecule has 0 atom stereocenters. The van der Waals surface area contributed by atoms with Crippen molar-refractivity contribution in [3.63, 3.8) is 0 Å². The number of ether oxygens (including phenoxy) is 2. The van der Waals surface area contributed by atoms with E-state index < -0.39 is 11.7 Å². The van der Waals surface area contributed by atoms with E-state index in [1.54, 1.807) is 13.8 Å². The summed E-state index contributed by atoms with van der Waals surface area (Å²) in [7, 11) is 0. The lowest BCUT2D eigenvalue weighted by atomic mass is 10.1. The van der Waals surface area contributed by atoms with Gasteiger partial charge in [-0.25, -0.2) is 0 Å². The van der Waals surface area contributed by atoms with Crippen molar-refractivity contribution in [2.75, 3.05) is 0 Å². The molecule has 0 fully saturated rings. The SMILES string of the molecule is CC(C)Oc1ccc(OCc2ccccc2)cc1C(F)(F)F. The van der Waals surface area contributed by atoms with Gasteiger partial charge in [0.1, 0.15) is 23.7 Å². The minimum atomic E-state index is -4.49. The van der Waals surface area contributed by atoms with Crippen LogP contribution >= 0.6 is 0 Å². The highest BCUT2D eigenvalue weighted by Crippen LogP contribution is 2.38. The van der Waals surface area contributed by atoms with Gasteiger partial charge in [0.05, 0.1) is 6.10 Å². The van der Waals surface area contributed by atoms with Crippen LogP contribution in [0.15, 0.2) is 48.5 Å². The van der Waals surface area contributed by atoms with Crippen molar-refractivity contribution >= 4 is 0 Å². The second-order valence-corrected chi connectivity index (χ2v) is 5.10. The van der Waals surface area contributed by atoms with E-state index >= 15 is 0 Å². The van der Waals surface area contributed by atoms with Gasteiger partial charge in [0.25, 0.3) is 0 Å². The summed E-state index contributed by atoms with van der Waals surface area (Å²) in [6.07, 6.45) is -4.83. The summed E-state index contributed by atoms with van der Waals surface area (Å²) < 4.78 is 50.0. The smallest absolute Gasteiger partial charge is 0.420 e. The largest absolute Gasteiger partial charge is 0.490 e. The highest BCUT2D eigenvalue weighted by atomic mass is 19.4. The van der Waals surface area contributed by atoms with Gasteiger partial charge in [-0.15, -0.1) is 0 Å². The van der Waals surface area contributed by atoms with Crippen LogP contribution < -0.4 is 9.47 Å². The molecule has 2 nitrogen and oxygen atoms in total. The molecule has 0 aromatic heterocycles. The third kappa shape index (κ3) is 4.41. The molecule has 0 aliphatic heterocycles. The summed E-state index contributed by atoms with van der Waals surface area (Å²) in [5, 5.41) is 0. The number of rotatable bonds is 5. The molecule has 0 bridgehead atoms. The van der Waals surface area contributed by atoms with Crippen LogP contribution in [0.25, 0.3) is 0 Å². The Morgan fingerprint density at radius 1 is 1.00 bits per heavy atom. The maximum Gasteiger partial charge on any atom is 0.420 e. The molecular formula is C17H17F3O2. The summed E-state index contributed by atoms with van der Waals surface area (Å²) in [6, 6.07) is 13.0. The monoisotopic (exact) mass is 310 g/mol. The van der Waals surface area contributed by atoms with Gasteiger partial charge in [0.15, 0.2) is 0 Å². The number of benzene rings is 2. The third-order valence-electron chi connectivity index (χ3n) is 2.87. The van der Waals surface area contributed by atoms with Crippen molar-refractivity contribution in [1.82, 2.24) is 0 Å². The molecule has 0 amide bonds. The predicted octanol–water partition coefficient (Wildman–Crippen LogP) is 5.07. The lowest BCUT2D eigenvalue weighted by Gasteiger charge is -2.17. The van der Waals surface area contributed by atoms with Crippen molar-refractivity contribution in [1.29, 1.82) is 0 Å². The summed E-state index contributed by atoms with van der Waals surface area (Å²) in [6.45, 7) is 3.57. The molecule has 0 N–H and O–H groups in total. The Balaban J connectivity index is 2.19. The lowest BCUT2D eigenvalue weighted by Crippen LogP contribution is -2.13. The minimum absolute atomic E-state index is 0.160. The van der Waals surface area contributed by atoms with Crippen LogP contribution in [0.1, 0.15) is 25.0 Å². The lowest BCUT2D eigenvalue weighted by molar-refractivity contribution is -0.139. The van der Waals surface area contributed by atoms with Crippen LogP contribution in [0, 0.1) is 0 Å². The van der Waals surface area contributed by atoms with Crippen LogP contribution in [-0.2, 0) is 12.8 Å². The Labute approximate surface area is 127 Å². The van der Waals surface area contributed by atoms with E-state index in [1.165, 1.54) is 12.1 Å². The van der Waals surface area contributed by atoms with Crippen LogP contribution in [0.2, 0.25) is 0 Å². The van der Waals surface area contributed by atoms with Crippen molar-refractivity contribution < 1.29 is 22.6 Å². The zero-order valence-corrected chi connectivity index (χ0v) is 12.4. The molecule has 0 unspecified atom stereocenters. The quantitative estimate of drug-likeness (QED) is 0.767. The van der Waals surface area contributed by atoms with Crippen molar-refractivity contribution in [3.8, 4) is 11.5 Å². The Morgan fingerprint density at radius 3 is 2.27 bits per heavy atom. The fraction of sp³-hybridized carbons (Fsp3) is 0.294. The molecule has 0 spiro atoms. The molecule has 0 radical (unpaired) electrons.